The molecule has 0 unspecified atom stereocenters. The Morgan fingerprint density at radius 2 is 2.46 bits per heavy atom. The molecule has 72 valence electrons. The van der Waals surface area contributed by atoms with Crippen LogP contribution in [0.4, 0.5) is 0 Å². The van der Waals surface area contributed by atoms with Gasteiger partial charge in [0.25, 0.3) is 0 Å². The first-order valence-electron chi connectivity index (χ1n) is 3.60. The summed E-state index contributed by atoms with van der Waals surface area (Å²) in [7, 11) is 3.13. The molecule has 0 aliphatic heterocycles. The highest BCUT2D eigenvalue weighted by Crippen LogP contribution is 2.07. The Labute approximate surface area is 79.6 Å². The molecule has 0 fully saturated rings. The van der Waals surface area contributed by atoms with Crippen LogP contribution in [0.15, 0.2) is 0 Å². The van der Waals surface area contributed by atoms with Gasteiger partial charge >= 0.3 is 5.97 Å². The van der Waals surface area contributed by atoms with E-state index in [4.69, 9.17) is 0 Å². The van der Waals surface area contributed by atoms with Gasteiger partial charge in [-0.25, -0.2) is 4.68 Å². The van der Waals surface area contributed by atoms with Crippen LogP contribution in [0, 0.1) is 0 Å². The second-order valence-corrected chi connectivity index (χ2v) is 3.27. The van der Waals surface area contributed by atoms with E-state index in [1.807, 2.05) is 0 Å². The van der Waals surface area contributed by atoms with E-state index in [1.54, 1.807) is 11.7 Å². The average Bonchev–Trinajstić information content (AvgIpc) is 2.52. The van der Waals surface area contributed by atoms with E-state index in [2.05, 4.69) is 20.3 Å². The molecule has 0 radical (unpaired) electrons. The highest BCUT2D eigenvalue weighted by Gasteiger charge is 2.04. The largest absolute Gasteiger partial charge is 0.468 e. The van der Waals surface area contributed by atoms with Crippen LogP contribution in [-0.4, -0.2) is 39.0 Å². The van der Waals surface area contributed by atoms with Crippen LogP contribution in [0.1, 0.15) is 5.82 Å². The quantitative estimate of drug-likeness (QED) is 0.620. The van der Waals surface area contributed by atoms with Crippen molar-refractivity contribution in [3.63, 3.8) is 0 Å². The molecule has 0 saturated heterocycles. The van der Waals surface area contributed by atoms with Gasteiger partial charge in [0.15, 0.2) is 5.82 Å². The topological polar surface area (TPSA) is 69.9 Å². The first-order chi connectivity index (χ1) is 6.24. The van der Waals surface area contributed by atoms with E-state index >= 15 is 0 Å². The maximum absolute atomic E-state index is 10.7. The van der Waals surface area contributed by atoms with Crippen LogP contribution >= 0.6 is 11.8 Å². The SMILES string of the molecule is COC(=O)CSCc1nnnn1C. The van der Waals surface area contributed by atoms with Gasteiger partial charge < -0.3 is 4.74 Å². The summed E-state index contributed by atoms with van der Waals surface area (Å²) in [5, 5.41) is 10.9. The van der Waals surface area contributed by atoms with Crippen LogP contribution in [-0.2, 0) is 22.3 Å². The fraction of sp³-hybridized carbons (Fsp3) is 0.667. The monoisotopic (exact) mass is 202 g/mol. The first kappa shape index (κ1) is 9.97. The van der Waals surface area contributed by atoms with Crippen molar-refractivity contribution in [3.8, 4) is 0 Å². The maximum Gasteiger partial charge on any atom is 0.315 e. The Hall–Kier alpha value is -1.11. The van der Waals surface area contributed by atoms with Crippen molar-refractivity contribution in [1.29, 1.82) is 0 Å². The molecule has 0 spiro atoms. The molecular weight excluding hydrogens is 192 g/mol. The lowest BCUT2D eigenvalue weighted by Crippen LogP contribution is -2.05. The van der Waals surface area contributed by atoms with Crippen molar-refractivity contribution >= 4 is 17.7 Å². The number of methoxy groups -OCH3 is 1. The van der Waals surface area contributed by atoms with Gasteiger partial charge in [-0.3, -0.25) is 4.79 Å². The van der Waals surface area contributed by atoms with Crippen molar-refractivity contribution in [2.45, 2.75) is 5.75 Å². The summed E-state index contributed by atoms with van der Waals surface area (Å²) in [6.07, 6.45) is 0. The minimum absolute atomic E-state index is 0.236. The van der Waals surface area contributed by atoms with Crippen LogP contribution in [0.25, 0.3) is 0 Å². The van der Waals surface area contributed by atoms with Crippen LogP contribution < -0.4 is 0 Å². The number of thioether (sulfide) groups is 1. The molecule has 1 rings (SSSR count). The van der Waals surface area contributed by atoms with Crippen LogP contribution in [0.2, 0.25) is 0 Å². The molecule has 13 heavy (non-hydrogen) atoms. The lowest BCUT2D eigenvalue weighted by Gasteiger charge is -1.98. The Morgan fingerprint density at radius 1 is 1.69 bits per heavy atom. The second-order valence-electron chi connectivity index (χ2n) is 2.29. The third-order valence-corrected chi connectivity index (χ3v) is 2.29. The highest BCUT2D eigenvalue weighted by atomic mass is 32.2. The molecule has 1 heterocycles. The van der Waals surface area contributed by atoms with Gasteiger partial charge in [0.1, 0.15) is 0 Å². The summed E-state index contributed by atoms with van der Waals surface area (Å²) in [4.78, 5) is 10.7. The number of aromatic nitrogens is 4. The summed E-state index contributed by atoms with van der Waals surface area (Å²) >= 11 is 1.42. The van der Waals surface area contributed by atoms with Crippen molar-refractivity contribution in [2.24, 2.45) is 7.05 Å². The van der Waals surface area contributed by atoms with Crippen molar-refractivity contribution in [1.82, 2.24) is 20.2 Å². The minimum atomic E-state index is -0.236. The number of hydrogen-bond acceptors (Lipinski definition) is 6. The molecule has 0 atom stereocenters. The number of nitrogens with zero attached hydrogens (tertiary/aromatic N) is 4. The molecule has 0 aliphatic carbocycles. The molecule has 1 aromatic rings. The number of carbonyl (C=O) groups excluding carboxylic acids is 1. The Balaban J connectivity index is 2.28. The van der Waals surface area contributed by atoms with Gasteiger partial charge in [-0.1, -0.05) is 0 Å². The molecule has 0 aliphatic rings. The van der Waals surface area contributed by atoms with E-state index < -0.39 is 0 Å². The highest BCUT2D eigenvalue weighted by molar-refractivity contribution is 7.99. The fourth-order valence-corrected chi connectivity index (χ4v) is 1.47. The lowest BCUT2D eigenvalue weighted by atomic mass is 10.7. The molecule has 7 heteroatoms. The molecule has 0 aromatic carbocycles. The average molecular weight is 202 g/mol. The first-order valence-corrected chi connectivity index (χ1v) is 4.75. The maximum atomic E-state index is 10.7. The summed E-state index contributed by atoms with van der Waals surface area (Å²) in [5.74, 6) is 1.44. The van der Waals surface area contributed by atoms with Gasteiger partial charge in [0.05, 0.1) is 18.6 Å². The molecule has 0 saturated carbocycles. The number of aryl methyl sites for hydroxylation is 1. The molecule has 6 nitrogen and oxygen atoms in total. The zero-order valence-corrected chi connectivity index (χ0v) is 8.24. The van der Waals surface area contributed by atoms with E-state index in [0.717, 1.165) is 5.82 Å². The summed E-state index contributed by atoms with van der Waals surface area (Å²) < 4.78 is 6.06. The standard InChI is InChI=1S/C6H10N4O2S/c1-10-5(7-8-9-10)3-13-4-6(11)12-2/h3-4H2,1-2H3. The number of rotatable bonds is 4. The van der Waals surface area contributed by atoms with E-state index in [-0.39, 0.29) is 5.97 Å². The van der Waals surface area contributed by atoms with Gasteiger partial charge in [-0.05, 0) is 10.4 Å². The summed E-state index contributed by atoms with van der Waals surface area (Å²) in [6, 6.07) is 0. The third kappa shape index (κ3) is 3.02. The molecule has 1 aromatic heterocycles. The predicted octanol–water partition coefficient (Wildman–Crippen LogP) is -0.384. The third-order valence-electron chi connectivity index (χ3n) is 1.39. The van der Waals surface area contributed by atoms with E-state index in [1.165, 1.54) is 18.9 Å². The van der Waals surface area contributed by atoms with Crippen LogP contribution in [0.3, 0.4) is 0 Å². The van der Waals surface area contributed by atoms with Gasteiger partial charge in [0.2, 0.25) is 0 Å². The predicted molar refractivity (Wildman–Crippen MR) is 47.0 cm³/mol. The second kappa shape index (κ2) is 4.80. The number of ether oxygens (including phenoxy) is 1. The normalized spacial score (nSPS) is 10.0. The number of carbonyl (C=O) groups is 1. The number of tetrazole rings is 1. The summed E-state index contributed by atoms with van der Waals surface area (Å²) in [5.41, 5.74) is 0. The molecular formula is C6H10N4O2S. The zero-order chi connectivity index (χ0) is 9.68. The van der Waals surface area contributed by atoms with Crippen molar-refractivity contribution in [2.75, 3.05) is 12.9 Å². The Morgan fingerprint density at radius 3 is 3.00 bits per heavy atom. The smallest absolute Gasteiger partial charge is 0.315 e. The Kier molecular flexibility index (Phi) is 3.69. The van der Waals surface area contributed by atoms with Gasteiger partial charge in [0, 0.05) is 7.05 Å². The van der Waals surface area contributed by atoms with Crippen molar-refractivity contribution in [3.05, 3.63) is 5.82 Å². The number of hydrogen-bond donors (Lipinski definition) is 0. The molecule has 0 bridgehead atoms. The van der Waals surface area contributed by atoms with Gasteiger partial charge in [-0.15, -0.1) is 16.9 Å². The van der Waals surface area contributed by atoms with Crippen LogP contribution in [0.5, 0.6) is 0 Å². The van der Waals surface area contributed by atoms with Crippen molar-refractivity contribution < 1.29 is 9.53 Å². The number of esters is 1. The Bertz CT molecular complexity index is 288. The molecule has 0 amide bonds. The fourth-order valence-electron chi connectivity index (χ4n) is 0.655. The minimum Gasteiger partial charge on any atom is -0.468 e. The van der Waals surface area contributed by atoms with Gasteiger partial charge in [-0.2, -0.15) is 0 Å². The molecule has 0 N–H and O–H groups in total. The lowest BCUT2D eigenvalue weighted by molar-refractivity contribution is -0.137. The summed E-state index contributed by atoms with van der Waals surface area (Å²) in [6.45, 7) is 0. The van der Waals surface area contributed by atoms with E-state index in [9.17, 15) is 4.79 Å². The van der Waals surface area contributed by atoms with E-state index in [0.29, 0.717) is 11.5 Å². The zero-order valence-electron chi connectivity index (χ0n) is 7.43.